The van der Waals surface area contributed by atoms with E-state index >= 15 is 0 Å². The summed E-state index contributed by atoms with van der Waals surface area (Å²) in [6.07, 6.45) is 3.52. The largest absolute Gasteiger partial charge is 0.486 e. The molecule has 0 bridgehead atoms. The minimum absolute atomic E-state index is 0.0187. The van der Waals surface area contributed by atoms with Crippen molar-refractivity contribution in [1.29, 1.82) is 0 Å². The van der Waals surface area contributed by atoms with E-state index < -0.39 is 0 Å². The van der Waals surface area contributed by atoms with Gasteiger partial charge in [-0.3, -0.25) is 9.59 Å². The van der Waals surface area contributed by atoms with Gasteiger partial charge in [-0.25, -0.2) is 0 Å². The molecule has 1 N–H and O–H groups in total. The second kappa shape index (κ2) is 6.34. The van der Waals surface area contributed by atoms with Crippen LogP contribution in [0.4, 0.5) is 5.69 Å². The fourth-order valence-corrected chi connectivity index (χ4v) is 3.32. The van der Waals surface area contributed by atoms with E-state index in [2.05, 4.69) is 5.32 Å². The van der Waals surface area contributed by atoms with Gasteiger partial charge in [-0.05, 0) is 37.8 Å². The van der Waals surface area contributed by atoms with Crippen molar-refractivity contribution in [3.05, 3.63) is 18.2 Å². The predicted molar refractivity (Wildman–Crippen MR) is 88.1 cm³/mol. The average molecular weight is 330 g/mol. The smallest absolute Gasteiger partial charge is 0.227 e. The number of ether oxygens (including phenoxy) is 2. The molecule has 0 atom stereocenters. The first-order valence-electron chi connectivity index (χ1n) is 8.70. The molecule has 1 aromatic carbocycles. The molecule has 1 saturated heterocycles. The molecule has 2 aliphatic heterocycles. The summed E-state index contributed by atoms with van der Waals surface area (Å²) in [6.45, 7) is 2.46. The topological polar surface area (TPSA) is 67.9 Å². The standard InChI is InChI=1S/C18H22N2O4/c21-17(12-5-7-20(8-6-12)18(22)13-1-2-13)19-14-3-4-15-16(11-14)24-10-9-23-15/h3-4,11-13H,1-2,5-10H2,(H,19,21). The number of nitrogens with one attached hydrogen (secondary N) is 1. The van der Waals surface area contributed by atoms with Crippen LogP contribution in [0.5, 0.6) is 11.5 Å². The summed E-state index contributed by atoms with van der Waals surface area (Å²) in [7, 11) is 0. The summed E-state index contributed by atoms with van der Waals surface area (Å²) in [5.74, 6) is 1.90. The lowest BCUT2D eigenvalue weighted by molar-refractivity contribution is -0.135. The predicted octanol–water partition coefficient (Wildman–Crippen LogP) is 2.04. The van der Waals surface area contributed by atoms with Crippen molar-refractivity contribution < 1.29 is 19.1 Å². The van der Waals surface area contributed by atoms with E-state index in [9.17, 15) is 9.59 Å². The molecule has 0 aromatic heterocycles. The maximum atomic E-state index is 12.5. The Labute approximate surface area is 141 Å². The Hall–Kier alpha value is -2.24. The van der Waals surface area contributed by atoms with Crippen molar-refractivity contribution in [1.82, 2.24) is 4.90 Å². The van der Waals surface area contributed by atoms with E-state index in [4.69, 9.17) is 9.47 Å². The number of hydrogen-bond acceptors (Lipinski definition) is 4. The van der Waals surface area contributed by atoms with Crippen LogP contribution in [0.1, 0.15) is 25.7 Å². The van der Waals surface area contributed by atoms with Gasteiger partial charge in [-0.1, -0.05) is 0 Å². The number of rotatable bonds is 3. The fraction of sp³-hybridized carbons (Fsp3) is 0.556. The highest BCUT2D eigenvalue weighted by atomic mass is 16.6. The maximum absolute atomic E-state index is 12.5. The summed E-state index contributed by atoms with van der Waals surface area (Å²) >= 11 is 0. The lowest BCUT2D eigenvalue weighted by Gasteiger charge is -2.31. The minimum atomic E-state index is -0.0403. The molecule has 2 heterocycles. The van der Waals surface area contributed by atoms with E-state index in [1.54, 1.807) is 6.07 Å². The van der Waals surface area contributed by atoms with Crippen molar-refractivity contribution in [2.75, 3.05) is 31.6 Å². The van der Waals surface area contributed by atoms with Crippen molar-refractivity contribution >= 4 is 17.5 Å². The highest BCUT2D eigenvalue weighted by Gasteiger charge is 2.36. The number of anilines is 1. The average Bonchev–Trinajstić information content (AvgIpc) is 3.46. The Balaban J connectivity index is 1.32. The first kappa shape index (κ1) is 15.3. The van der Waals surface area contributed by atoms with Crippen LogP contribution >= 0.6 is 0 Å². The fourth-order valence-electron chi connectivity index (χ4n) is 3.32. The SMILES string of the molecule is O=C(Nc1ccc2c(c1)OCCO2)C1CCN(C(=O)C2CC2)CC1. The highest BCUT2D eigenvalue weighted by molar-refractivity contribution is 5.93. The molecule has 3 aliphatic rings. The van der Waals surface area contributed by atoms with Gasteiger partial charge in [0.2, 0.25) is 11.8 Å². The van der Waals surface area contributed by atoms with Crippen LogP contribution in [0, 0.1) is 11.8 Å². The van der Waals surface area contributed by atoms with Crippen LogP contribution in [0.25, 0.3) is 0 Å². The Kier molecular flexibility index (Phi) is 4.04. The quantitative estimate of drug-likeness (QED) is 0.921. The lowest BCUT2D eigenvalue weighted by atomic mass is 9.95. The third-order valence-corrected chi connectivity index (χ3v) is 4.91. The van der Waals surface area contributed by atoms with Gasteiger partial charge in [0.1, 0.15) is 13.2 Å². The molecule has 4 rings (SSSR count). The summed E-state index contributed by atoms with van der Waals surface area (Å²) in [5.41, 5.74) is 0.723. The van der Waals surface area contributed by atoms with Gasteiger partial charge in [0.05, 0.1) is 0 Å². The van der Waals surface area contributed by atoms with E-state index in [0.717, 1.165) is 31.4 Å². The van der Waals surface area contributed by atoms with Crippen LogP contribution in [-0.2, 0) is 9.59 Å². The maximum Gasteiger partial charge on any atom is 0.227 e. The molecule has 128 valence electrons. The molecule has 6 nitrogen and oxygen atoms in total. The first-order chi connectivity index (χ1) is 11.7. The van der Waals surface area contributed by atoms with Crippen LogP contribution in [0.3, 0.4) is 0 Å². The van der Waals surface area contributed by atoms with Gasteiger partial charge in [0, 0.05) is 36.7 Å². The van der Waals surface area contributed by atoms with E-state index in [1.807, 2.05) is 17.0 Å². The number of likely N-dealkylation sites (tertiary alicyclic amines) is 1. The summed E-state index contributed by atoms with van der Waals surface area (Å²) in [6, 6.07) is 5.45. The zero-order valence-electron chi connectivity index (χ0n) is 13.6. The van der Waals surface area contributed by atoms with Gasteiger partial charge in [0.25, 0.3) is 0 Å². The molecule has 24 heavy (non-hydrogen) atoms. The van der Waals surface area contributed by atoms with Crippen LogP contribution in [0.15, 0.2) is 18.2 Å². The molecular weight excluding hydrogens is 308 g/mol. The zero-order chi connectivity index (χ0) is 16.5. The Morgan fingerprint density at radius 3 is 2.38 bits per heavy atom. The number of benzene rings is 1. The molecule has 0 radical (unpaired) electrons. The number of piperidine rings is 1. The number of carbonyl (C=O) groups excluding carboxylic acids is 2. The summed E-state index contributed by atoms with van der Waals surface area (Å²) < 4.78 is 11.0. The molecule has 1 aliphatic carbocycles. The summed E-state index contributed by atoms with van der Waals surface area (Å²) in [4.78, 5) is 26.5. The van der Waals surface area contributed by atoms with Gasteiger partial charge < -0.3 is 19.7 Å². The van der Waals surface area contributed by atoms with Crippen LogP contribution in [-0.4, -0.2) is 43.0 Å². The van der Waals surface area contributed by atoms with Gasteiger partial charge >= 0.3 is 0 Å². The minimum Gasteiger partial charge on any atom is -0.486 e. The van der Waals surface area contributed by atoms with Crippen molar-refractivity contribution in [2.24, 2.45) is 11.8 Å². The van der Waals surface area contributed by atoms with E-state index in [-0.39, 0.29) is 23.7 Å². The van der Waals surface area contributed by atoms with Crippen molar-refractivity contribution in [3.8, 4) is 11.5 Å². The highest BCUT2D eigenvalue weighted by Crippen LogP contribution is 2.34. The Bertz CT molecular complexity index is 648. The second-order valence-corrected chi connectivity index (χ2v) is 6.72. The third-order valence-electron chi connectivity index (χ3n) is 4.91. The molecule has 1 saturated carbocycles. The van der Waals surface area contributed by atoms with E-state index in [0.29, 0.717) is 37.8 Å². The molecule has 2 amide bonds. The number of fused-ring (bicyclic) bond motifs is 1. The van der Waals surface area contributed by atoms with Gasteiger partial charge in [0.15, 0.2) is 11.5 Å². The summed E-state index contributed by atoms with van der Waals surface area (Å²) in [5, 5.41) is 2.96. The van der Waals surface area contributed by atoms with Crippen molar-refractivity contribution in [2.45, 2.75) is 25.7 Å². The zero-order valence-corrected chi connectivity index (χ0v) is 13.6. The van der Waals surface area contributed by atoms with Gasteiger partial charge in [-0.15, -0.1) is 0 Å². The van der Waals surface area contributed by atoms with E-state index in [1.165, 1.54) is 0 Å². The van der Waals surface area contributed by atoms with Crippen LogP contribution in [0.2, 0.25) is 0 Å². The first-order valence-corrected chi connectivity index (χ1v) is 8.70. The van der Waals surface area contributed by atoms with Gasteiger partial charge in [-0.2, -0.15) is 0 Å². The number of amides is 2. The molecule has 1 aromatic rings. The molecular formula is C18H22N2O4. The monoisotopic (exact) mass is 330 g/mol. The molecule has 0 unspecified atom stereocenters. The Morgan fingerprint density at radius 1 is 0.958 bits per heavy atom. The number of nitrogens with zero attached hydrogens (tertiary/aromatic N) is 1. The van der Waals surface area contributed by atoms with Crippen LogP contribution < -0.4 is 14.8 Å². The molecule has 2 fully saturated rings. The normalized spacial score (nSPS) is 20.6. The van der Waals surface area contributed by atoms with Crippen molar-refractivity contribution in [3.63, 3.8) is 0 Å². The lowest BCUT2D eigenvalue weighted by Crippen LogP contribution is -2.42. The third kappa shape index (κ3) is 3.18. The molecule has 0 spiro atoms. The Morgan fingerprint density at radius 2 is 1.67 bits per heavy atom. The number of carbonyl (C=O) groups is 2. The second-order valence-electron chi connectivity index (χ2n) is 6.72. The number of hydrogen-bond donors (Lipinski definition) is 1. The molecule has 6 heteroatoms.